The van der Waals surface area contributed by atoms with E-state index in [1.54, 1.807) is 0 Å². The number of carboxylic acids is 1. The zero-order chi connectivity index (χ0) is 33.9. The highest BCUT2D eigenvalue weighted by molar-refractivity contribution is 7.80. The standard InChI is InChI=1S/C33H56O12S/c1-16(2)7-6-8-17(3)25-23(34)15-21-19-14-24(45-46(40,41)42)22-13-18(9-11-32(22,4)20(19)10-12-33(21,25)5)43-31-28(37)26(35)27(36)29(44-31)30(38)39/h16-29,31,34-37H,6-15H2,1-5H3,(H,38,39)(H,40,41,42)/t17-,18+,19?,20?,21?,22?,23+,24+,25+,26+,27+,28-,29+,31-,32-,33+/m1/s1. The molecule has 5 aliphatic rings. The van der Waals surface area contributed by atoms with Crippen LogP contribution < -0.4 is 0 Å². The number of hydrogen-bond acceptors (Lipinski definition) is 10. The lowest BCUT2D eigenvalue weighted by atomic mass is 9.43. The molecule has 0 spiro atoms. The molecule has 0 radical (unpaired) electrons. The molecule has 0 bridgehead atoms. The number of ether oxygens (including phenoxy) is 2. The van der Waals surface area contributed by atoms with E-state index in [1.165, 1.54) is 0 Å². The fraction of sp³-hybridized carbons (Fsp3) is 0.970. The van der Waals surface area contributed by atoms with E-state index in [-0.39, 0.29) is 40.4 Å². The molecule has 1 aliphatic heterocycles. The van der Waals surface area contributed by atoms with Gasteiger partial charge in [0.25, 0.3) is 0 Å². The van der Waals surface area contributed by atoms with Crippen molar-refractivity contribution >= 4 is 16.4 Å². The Bertz CT molecular complexity index is 1200. The zero-order valence-corrected chi connectivity index (χ0v) is 28.6. The Balaban J connectivity index is 1.36. The Kier molecular flexibility index (Phi) is 10.6. The van der Waals surface area contributed by atoms with Gasteiger partial charge in [-0.1, -0.05) is 53.9 Å². The van der Waals surface area contributed by atoms with E-state index < -0.39 is 65.4 Å². The topological polar surface area (TPSA) is 200 Å². The number of carbonyl (C=O) groups is 1. The number of hydrogen-bond donors (Lipinski definition) is 6. The number of rotatable bonds is 10. The van der Waals surface area contributed by atoms with Crippen LogP contribution in [0.2, 0.25) is 0 Å². The van der Waals surface area contributed by atoms with Crippen molar-refractivity contribution in [3.05, 3.63) is 0 Å². The van der Waals surface area contributed by atoms with Gasteiger partial charge in [-0.25, -0.2) is 8.98 Å². The highest BCUT2D eigenvalue weighted by atomic mass is 32.3. The third-order valence-corrected chi connectivity index (χ3v) is 13.6. The van der Waals surface area contributed by atoms with Crippen LogP contribution in [-0.4, -0.2) is 93.5 Å². The lowest BCUT2D eigenvalue weighted by molar-refractivity contribution is -0.311. The van der Waals surface area contributed by atoms with Gasteiger partial charge in [0.2, 0.25) is 0 Å². The Morgan fingerprint density at radius 1 is 0.891 bits per heavy atom. The van der Waals surface area contributed by atoms with E-state index in [2.05, 4.69) is 34.6 Å². The molecule has 46 heavy (non-hydrogen) atoms. The highest BCUT2D eigenvalue weighted by Gasteiger charge is 2.65. The summed E-state index contributed by atoms with van der Waals surface area (Å²) < 4.78 is 51.1. The molecule has 12 nitrogen and oxygen atoms in total. The molecule has 0 aromatic heterocycles. The van der Waals surface area contributed by atoms with Gasteiger partial charge >= 0.3 is 16.4 Å². The van der Waals surface area contributed by atoms with Crippen molar-refractivity contribution in [3.8, 4) is 0 Å². The predicted octanol–water partition coefficient (Wildman–Crippen LogP) is 3.15. The van der Waals surface area contributed by atoms with Gasteiger partial charge in [0, 0.05) is 0 Å². The van der Waals surface area contributed by atoms with Gasteiger partial charge in [0.05, 0.1) is 18.3 Å². The number of carboxylic acid groups (broad SMARTS) is 1. The van der Waals surface area contributed by atoms with Crippen molar-refractivity contribution < 1.29 is 57.0 Å². The summed E-state index contributed by atoms with van der Waals surface area (Å²) in [6, 6.07) is 0. The normalized spacial score (nSPS) is 48.4. The average molecular weight is 677 g/mol. The molecule has 4 saturated carbocycles. The summed E-state index contributed by atoms with van der Waals surface area (Å²) >= 11 is 0. The van der Waals surface area contributed by atoms with Crippen LogP contribution in [0.3, 0.4) is 0 Å². The number of aliphatic hydroxyl groups excluding tert-OH is 4. The van der Waals surface area contributed by atoms with Gasteiger partial charge in [-0.15, -0.1) is 0 Å². The molecule has 1 saturated heterocycles. The van der Waals surface area contributed by atoms with Gasteiger partial charge in [-0.3, -0.25) is 4.55 Å². The quantitative estimate of drug-likeness (QED) is 0.146. The SMILES string of the molecule is CC(C)CCC[C@@H](C)[C@H]1[C@@H](O)CC2C3C[C@H](OS(=O)(=O)O)C4C[C@@H](O[C@@H]5O[C@H](C(=O)O)[C@@H](O)[C@H](O)[C@H]5O)CC[C@]4(C)C3CC[C@@]21C. The minimum absolute atomic E-state index is 0.0927. The first kappa shape index (κ1) is 36.4. The summed E-state index contributed by atoms with van der Waals surface area (Å²) in [6.45, 7) is 11.2. The number of aliphatic hydroxyl groups is 4. The number of fused-ring (bicyclic) bond motifs is 5. The Labute approximate surface area is 273 Å². The molecule has 266 valence electrons. The smallest absolute Gasteiger partial charge is 0.397 e. The molecule has 5 fully saturated rings. The van der Waals surface area contributed by atoms with E-state index in [9.17, 15) is 43.3 Å². The fourth-order valence-corrected chi connectivity index (χ4v) is 11.6. The molecule has 16 atom stereocenters. The second-order valence-electron chi connectivity index (χ2n) is 16.2. The van der Waals surface area contributed by atoms with Crippen molar-refractivity contribution in [3.63, 3.8) is 0 Å². The molecule has 1 heterocycles. The fourth-order valence-electron chi connectivity index (χ4n) is 11.1. The molecule has 0 aromatic rings. The van der Waals surface area contributed by atoms with Crippen molar-refractivity contribution in [2.45, 2.75) is 148 Å². The first-order valence-electron chi connectivity index (χ1n) is 17.3. The first-order valence-corrected chi connectivity index (χ1v) is 18.7. The molecular weight excluding hydrogens is 620 g/mol. The van der Waals surface area contributed by atoms with Crippen molar-refractivity contribution in [2.75, 3.05) is 0 Å². The van der Waals surface area contributed by atoms with Crippen LogP contribution >= 0.6 is 0 Å². The minimum atomic E-state index is -4.79. The average Bonchev–Trinajstić information content (AvgIpc) is 3.22. The van der Waals surface area contributed by atoms with Crippen molar-refractivity contribution in [2.24, 2.45) is 52.3 Å². The Morgan fingerprint density at radius 2 is 1.57 bits per heavy atom. The highest BCUT2D eigenvalue weighted by Crippen LogP contribution is 2.69. The molecule has 0 aromatic carbocycles. The predicted molar refractivity (Wildman–Crippen MR) is 165 cm³/mol. The van der Waals surface area contributed by atoms with Crippen LogP contribution in [-0.2, 0) is 28.9 Å². The third kappa shape index (κ3) is 6.79. The van der Waals surface area contributed by atoms with Crippen LogP contribution in [0, 0.1) is 52.3 Å². The van der Waals surface area contributed by atoms with E-state index in [0.717, 1.165) is 32.1 Å². The molecule has 4 unspecified atom stereocenters. The van der Waals surface area contributed by atoms with Crippen LogP contribution in [0.4, 0.5) is 0 Å². The maximum Gasteiger partial charge on any atom is 0.397 e. The molecule has 5 rings (SSSR count). The lowest BCUT2D eigenvalue weighted by Crippen LogP contribution is -2.62. The van der Waals surface area contributed by atoms with E-state index in [4.69, 9.17) is 13.7 Å². The zero-order valence-electron chi connectivity index (χ0n) is 27.8. The van der Waals surface area contributed by atoms with Gasteiger partial charge in [-0.2, -0.15) is 8.42 Å². The van der Waals surface area contributed by atoms with Gasteiger partial charge in [0.1, 0.15) is 18.3 Å². The summed E-state index contributed by atoms with van der Waals surface area (Å²) in [7, 11) is -4.79. The summed E-state index contributed by atoms with van der Waals surface area (Å²) in [5, 5.41) is 51.8. The third-order valence-electron chi connectivity index (χ3n) is 13.2. The van der Waals surface area contributed by atoms with E-state index in [0.29, 0.717) is 43.9 Å². The van der Waals surface area contributed by atoms with Crippen molar-refractivity contribution in [1.82, 2.24) is 0 Å². The monoisotopic (exact) mass is 676 g/mol. The lowest BCUT2D eigenvalue weighted by Gasteiger charge is -2.62. The molecular formula is C33H56O12S. The van der Waals surface area contributed by atoms with Crippen LogP contribution in [0.5, 0.6) is 0 Å². The molecule has 0 amide bonds. The van der Waals surface area contributed by atoms with E-state index >= 15 is 0 Å². The first-order chi connectivity index (χ1) is 21.4. The summed E-state index contributed by atoms with van der Waals surface area (Å²) in [5.41, 5.74) is -0.457. The largest absolute Gasteiger partial charge is 0.479 e. The van der Waals surface area contributed by atoms with E-state index in [1.807, 2.05) is 0 Å². The molecule has 13 heteroatoms. The molecule has 6 N–H and O–H groups in total. The number of aliphatic carboxylic acids is 1. The molecule has 4 aliphatic carbocycles. The second kappa shape index (κ2) is 13.4. The summed E-state index contributed by atoms with van der Waals surface area (Å²) in [5.74, 6) is -0.164. The summed E-state index contributed by atoms with van der Waals surface area (Å²) in [6.07, 6.45) is -2.69. The maximum atomic E-state index is 12.2. The van der Waals surface area contributed by atoms with Crippen LogP contribution in [0.1, 0.15) is 98.8 Å². The van der Waals surface area contributed by atoms with Gasteiger partial charge in [0.15, 0.2) is 12.4 Å². The van der Waals surface area contributed by atoms with Gasteiger partial charge < -0.3 is 35.0 Å². The Hall–Kier alpha value is -0.900. The second-order valence-corrected chi connectivity index (χ2v) is 17.3. The minimum Gasteiger partial charge on any atom is -0.479 e. The maximum absolute atomic E-state index is 12.2. The van der Waals surface area contributed by atoms with Crippen LogP contribution in [0.25, 0.3) is 0 Å². The summed E-state index contributed by atoms with van der Waals surface area (Å²) in [4.78, 5) is 11.6. The van der Waals surface area contributed by atoms with Gasteiger partial charge in [-0.05, 0) is 97.2 Å². The van der Waals surface area contributed by atoms with Crippen molar-refractivity contribution in [1.29, 1.82) is 0 Å². The van der Waals surface area contributed by atoms with Crippen LogP contribution in [0.15, 0.2) is 0 Å². The Morgan fingerprint density at radius 3 is 2.20 bits per heavy atom.